The first-order valence-corrected chi connectivity index (χ1v) is 7.98. The summed E-state index contributed by atoms with van der Waals surface area (Å²) in [6.45, 7) is 0. The van der Waals surface area contributed by atoms with Gasteiger partial charge in [-0.3, -0.25) is 0 Å². The number of hydrogen-bond donors (Lipinski definition) is 0. The Morgan fingerprint density at radius 3 is 2.04 bits per heavy atom. The number of carbonyl (C=O) groups excluding carboxylic acids is 2. The maximum absolute atomic E-state index is 12.6. The summed E-state index contributed by atoms with van der Waals surface area (Å²) in [5.41, 5.74) is 1.78. The smallest absolute Gasteiger partial charge is 0.342 e. The zero-order chi connectivity index (χ0) is 18.7. The molecule has 3 rings (SSSR count). The van der Waals surface area contributed by atoms with Crippen LogP contribution < -0.4 is 4.74 Å². The fourth-order valence-corrected chi connectivity index (χ4v) is 3.06. The fourth-order valence-electron chi connectivity index (χ4n) is 3.06. The third-order valence-corrected chi connectivity index (χ3v) is 4.24. The highest BCUT2D eigenvalue weighted by molar-refractivity contribution is 6.12. The summed E-state index contributed by atoms with van der Waals surface area (Å²) in [7, 11) is 4.12. The summed E-state index contributed by atoms with van der Waals surface area (Å²) in [6, 6.07) is 16.4. The molecule has 26 heavy (non-hydrogen) atoms. The second kappa shape index (κ2) is 7.27. The van der Waals surface area contributed by atoms with Crippen LogP contribution in [0.2, 0.25) is 0 Å². The summed E-state index contributed by atoms with van der Waals surface area (Å²) in [6.07, 6.45) is 0. The molecule has 5 nitrogen and oxygen atoms in total. The molecule has 0 unspecified atom stereocenters. The lowest BCUT2D eigenvalue weighted by Gasteiger charge is -2.16. The highest BCUT2D eigenvalue weighted by Crippen LogP contribution is 2.36. The number of esters is 2. The van der Waals surface area contributed by atoms with E-state index in [9.17, 15) is 9.59 Å². The van der Waals surface area contributed by atoms with Crippen LogP contribution in [0.5, 0.6) is 5.75 Å². The summed E-state index contributed by atoms with van der Waals surface area (Å²) < 4.78 is 15.3. The van der Waals surface area contributed by atoms with Crippen LogP contribution in [0.3, 0.4) is 0 Å². The molecule has 0 aliphatic rings. The molecule has 0 amide bonds. The zero-order valence-electron chi connectivity index (χ0n) is 14.7. The van der Waals surface area contributed by atoms with Gasteiger partial charge in [0.05, 0.1) is 26.9 Å². The Bertz CT molecular complexity index is 991. The molecule has 3 aromatic rings. The predicted octanol–water partition coefficient (Wildman–Crippen LogP) is 4.09. The Morgan fingerprint density at radius 2 is 1.35 bits per heavy atom. The van der Waals surface area contributed by atoms with E-state index in [-0.39, 0.29) is 5.56 Å². The van der Waals surface area contributed by atoms with Crippen molar-refractivity contribution in [3.63, 3.8) is 0 Å². The van der Waals surface area contributed by atoms with Gasteiger partial charge in [0.2, 0.25) is 0 Å². The molecule has 0 N–H and O–H groups in total. The number of benzene rings is 3. The van der Waals surface area contributed by atoms with Crippen LogP contribution in [-0.2, 0) is 9.47 Å². The van der Waals surface area contributed by atoms with Crippen LogP contribution in [0.25, 0.3) is 21.9 Å². The van der Waals surface area contributed by atoms with Crippen LogP contribution in [-0.4, -0.2) is 33.3 Å². The Labute approximate surface area is 151 Å². The average molecular weight is 350 g/mol. The monoisotopic (exact) mass is 350 g/mol. The van der Waals surface area contributed by atoms with E-state index >= 15 is 0 Å². The number of rotatable bonds is 4. The van der Waals surface area contributed by atoms with E-state index in [1.165, 1.54) is 21.3 Å². The molecule has 5 heteroatoms. The minimum absolute atomic E-state index is 0.262. The van der Waals surface area contributed by atoms with Gasteiger partial charge in [0, 0.05) is 5.56 Å². The van der Waals surface area contributed by atoms with E-state index in [1.54, 1.807) is 24.3 Å². The number of ether oxygens (including phenoxy) is 3. The molecule has 0 bridgehead atoms. The van der Waals surface area contributed by atoms with Crippen LogP contribution in [0, 0.1) is 0 Å². The van der Waals surface area contributed by atoms with E-state index in [1.807, 2.05) is 30.3 Å². The zero-order valence-corrected chi connectivity index (χ0v) is 14.7. The maximum atomic E-state index is 12.6. The van der Waals surface area contributed by atoms with Crippen LogP contribution in [0.1, 0.15) is 20.7 Å². The van der Waals surface area contributed by atoms with Crippen molar-refractivity contribution in [1.29, 1.82) is 0 Å². The predicted molar refractivity (Wildman–Crippen MR) is 98.6 cm³/mol. The van der Waals surface area contributed by atoms with E-state index in [0.717, 1.165) is 10.8 Å². The largest absolute Gasteiger partial charge is 0.496 e. The Balaban J connectivity index is 2.40. The van der Waals surface area contributed by atoms with Crippen molar-refractivity contribution in [2.75, 3.05) is 21.3 Å². The van der Waals surface area contributed by atoms with E-state index in [2.05, 4.69) is 0 Å². The first-order valence-electron chi connectivity index (χ1n) is 7.98. The van der Waals surface area contributed by atoms with Crippen molar-refractivity contribution >= 4 is 22.7 Å². The summed E-state index contributed by atoms with van der Waals surface area (Å²) in [5.74, 6) is -0.643. The quantitative estimate of drug-likeness (QED) is 0.663. The minimum Gasteiger partial charge on any atom is -0.496 e. The molecule has 0 heterocycles. The Kier molecular flexibility index (Phi) is 4.89. The van der Waals surface area contributed by atoms with Crippen LogP contribution >= 0.6 is 0 Å². The maximum Gasteiger partial charge on any atom is 0.342 e. The van der Waals surface area contributed by atoms with Gasteiger partial charge in [0.25, 0.3) is 0 Å². The van der Waals surface area contributed by atoms with Crippen molar-refractivity contribution < 1.29 is 23.8 Å². The number of hydrogen-bond acceptors (Lipinski definition) is 5. The summed E-state index contributed by atoms with van der Waals surface area (Å²) >= 11 is 0. The fraction of sp³-hybridized carbons (Fsp3) is 0.143. The number of carbonyl (C=O) groups is 2. The first-order chi connectivity index (χ1) is 12.6. The van der Waals surface area contributed by atoms with Crippen LogP contribution in [0.15, 0.2) is 54.6 Å². The van der Waals surface area contributed by atoms with Crippen molar-refractivity contribution in [3.8, 4) is 16.9 Å². The molecule has 0 radical (unpaired) electrons. The molecule has 0 aliphatic carbocycles. The van der Waals surface area contributed by atoms with Crippen molar-refractivity contribution in [2.24, 2.45) is 0 Å². The lowest BCUT2D eigenvalue weighted by Crippen LogP contribution is -2.09. The third kappa shape index (κ3) is 2.88. The van der Waals surface area contributed by atoms with Gasteiger partial charge < -0.3 is 14.2 Å². The molecule has 0 spiro atoms. The normalized spacial score (nSPS) is 10.4. The van der Waals surface area contributed by atoms with Gasteiger partial charge in [0.1, 0.15) is 11.3 Å². The molecule has 0 saturated carbocycles. The van der Waals surface area contributed by atoms with Gasteiger partial charge in [-0.2, -0.15) is 0 Å². The molecule has 0 atom stereocenters. The molecule has 0 saturated heterocycles. The standard InChI is InChI=1S/C21H18O5/c1-24-17-10-6-9-15(19(17)21(23)26-3)16-12-11-13-7-4-5-8-14(13)18(16)20(22)25-2/h4-12H,1-3H3. The summed E-state index contributed by atoms with van der Waals surface area (Å²) in [4.78, 5) is 24.9. The lowest BCUT2D eigenvalue weighted by atomic mass is 9.91. The van der Waals surface area contributed by atoms with Gasteiger partial charge >= 0.3 is 11.9 Å². The number of fused-ring (bicyclic) bond motifs is 1. The third-order valence-electron chi connectivity index (χ3n) is 4.24. The molecule has 0 fully saturated rings. The van der Waals surface area contributed by atoms with Gasteiger partial charge in [-0.05, 0) is 22.4 Å². The van der Waals surface area contributed by atoms with Gasteiger partial charge in [0.15, 0.2) is 0 Å². The molecular formula is C21H18O5. The molecule has 0 aromatic heterocycles. The summed E-state index contributed by atoms with van der Waals surface area (Å²) in [5, 5.41) is 1.65. The molecule has 3 aromatic carbocycles. The van der Waals surface area contributed by atoms with Gasteiger partial charge in [-0.15, -0.1) is 0 Å². The van der Waals surface area contributed by atoms with Crippen molar-refractivity contribution in [1.82, 2.24) is 0 Å². The highest BCUT2D eigenvalue weighted by atomic mass is 16.5. The van der Waals surface area contributed by atoms with Crippen molar-refractivity contribution in [2.45, 2.75) is 0 Å². The second-order valence-corrected chi connectivity index (χ2v) is 5.58. The van der Waals surface area contributed by atoms with E-state index < -0.39 is 11.9 Å². The molecular weight excluding hydrogens is 332 g/mol. The van der Waals surface area contributed by atoms with Gasteiger partial charge in [-0.25, -0.2) is 9.59 Å². The highest BCUT2D eigenvalue weighted by Gasteiger charge is 2.24. The van der Waals surface area contributed by atoms with Crippen molar-refractivity contribution in [3.05, 3.63) is 65.7 Å². The van der Waals surface area contributed by atoms with Crippen LogP contribution in [0.4, 0.5) is 0 Å². The number of methoxy groups -OCH3 is 3. The first kappa shape index (κ1) is 17.5. The molecule has 132 valence electrons. The van der Waals surface area contributed by atoms with E-state index in [4.69, 9.17) is 14.2 Å². The van der Waals surface area contributed by atoms with Gasteiger partial charge in [-0.1, -0.05) is 48.5 Å². The second-order valence-electron chi connectivity index (χ2n) is 5.58. The lowest BCUT2D eigenvalue weighted by molar-refractivity contribution is 0.0589. The SMILES string of the molecule is COC(=O)c1c(OC)cccc1-c1ccc2ccccc2c1C(=O)OC. The van der Waals surface area contributed by atoms with E-state index in [0.29, 0.717) is 22.4 Å². The topological polar surface area (TPSA) is 61.8 Å². The Morgan fingerprint density at radius 1 is 0.692 bits per heavy atom. The average Bonchev–Trinajstić information content (AvgIpc) is 2.71. The Hall–Kier alpha value is -3.34. The minimum atomic E-state index is -0.540. The molecule has 0 aliphatic heterocycles.